The summed E-state index contributed by atoms with van der Waals surface area (Å²) in [6.45, 7) is 16.6. The van der Waals surface area contributed by atoms with E-state index in [0.29, 0.717) is 0 Å². The minimum Gasteiger partial charge on any atom is -0.344 e. The molecule has 0 spiro atoms. The molecule has 0 bridgehead atoms. The van der Waals surface area contributed by atoms with E-state index in [0.717, 1.165) is 13.1 Å². The summed E-state index contributed by atoms with van der Waals surface area (Å²) >= 11 is 0. The summed E-state index contributed by atoms with van der Waals surface area (Å²) in [7, 11) is 0. The Labute approximate surface area is 354 Å². The van der Waals surface area contributed by atoms with Crippen molar-refractivity contribution in [2.45, 2.75) is 232 Å². The summed E-state index contributed by atoms with van der Waals surface area (Å²) in [6.07, 6.45) is 46.6. The van der Waals surface area contributed by atoms with E-state index in [1.54, 1.807) is 0 Å². The molecule has 0 saturated heterocycles. The second-order valence-electron chi connectivity index (χ2n) is 19.1. The molecule has 0 amide bonds. The number of allylic oxidation sites excluding steroid dienone is 4. The lowest BCUT2D eigenvalue weighted by atomic mass is 9.81. The summed E-state index contributed by atoms with van der Waals surface area (Å²) in [6, 6.07) is 18.4. The van der Waals surface area contributed by atoms with Crippen molar-refractivity contribution < 1.29 is 4.58 Å². The van der Waals surface area contributed by atoms with Crippen LogP contribution in [-0.2, 0) is 10.8 Å². The predicted molar refractivity (Wildman–Crippen MR) is 254 cm³/mol. The molecular formula is C55H89N2+. The number of benzene rings is 2. The number of unbranched alkanes of at least 4 members (excludes halogenated alkanes) is 26. The van der Waals surface area contributed by atoms with Gasteiger partial charge >= 0.3 is 0 Å². The van der Waals surface area contributed by atoms with Crippen LogP contribution in [0.5, 0.6) is 0 Å². The highest BCUT2D eigenvalue weighted by atomic mass is 15.2. The molecule has 0 aromatic heterocycles. The van der Waals surface area contributed by atoms with Crippen molar-refractivity contribution in [3.8, 4) is 0 Å². The molecule has 0 unspecified atom stereocenters. The first-order chi connectivity index (χ1) is 27.8. The van der Waals surface area contributed by atoms with Crippen LogP contribution in [0.15, 0.2) is 72.5 Å². The smallest absolute Gasteiger partial charge is 0.209 e. The van der Waals surface area contributed by atoms with Gasteiger partial charge in [-0.05, 0) is 44.4 Å². The number of para-hydroxylation sites is 2. The molecule has 2 heteroatoms. The van der Waals surface area contributed by atoms with Crippen LogP contribution in [0, 0.1) is 0 Å². The first kappa shape index (κ1) is 47.1. The Morgan fingerprint density at radius 2 is 0.895 bits per heavy atom. The van der Waals surface area contributed by atoms with E-state index in [9.17, 15) is 0 Å². The van der Waals surface area contributed by atoms with Crippen molar-refractivity contribution >= 4 is 17.1 Å². The summed E-state index contributed by atoms with van der Waals surface area (Å²) < 4.78 is 2.66. The van der Waals surface area contributed by atoms with E-state index in [-0.39, 0.29) is 10.8 Å². The van der Waals surface area contributed by atoms with Gasteiger partial charge in [0.2, 0.25) is 5.69 Å². The van der Waals surface area contributed by atoms with Crippen LogP contribution in [0.1, 0.15) is 232 Å². The van der Waals surface area contributed by atoms with Crippen molar-refractivity contribution in [2.75, 3.05) is 18.0 Å². The van der Waals surface area contributed by atoms with Crippen LogP contribution in [0.3, 0.4) is 0 Å². The molecule has 0 fully saturated rings. The molecule has 0 saturated carbocycles. The van der Waals surface area contributed by atoms with E-state index in [4.69, 9.17) is 0 Å². The number of hydrogen-bond acceptors (Lipinski definition) is 1. The van der Waals surface area contributed by atoms with Crippen LogP contribution in [0.25, 0.3) is 0 Å². The van der Waals surface area contributed by atoms with Crippen LogP contribution in [0.4, 0.5) is 11.4 Å². The molecule has 2 heterocycles. The second kappa shape index (κ2) is 26.5. The third-order valence-electron chi connectivity index (χ3n) is 13.6. The Bertz CT molecular complexity index is 1490. The minimum absolute atomic E-state index is 0.0102. The average Bonchev–Trinajstić information content (AvgIpc) is 3.56. The zero-order valence-electron chi connectivity index (χ0n) is 38.5. The number of hydrogen-bond donors (Lipinski definition) is 0. The molecule has 0 aliphatic carbocycles. The van der Waals surface area contributed by atoms with Gasteiger partial charge < -0.3 is 4.90 Å². The molecular weight excluding hydrogens is 689 g/mol. The van der Waals surface area contributed by atoms with Crippen molar-refractivity contribution in [1.29, 1.82) is 0 Å². The van der Waals surface area contributed by atoms with Crippen LogP contribution < -0.4 is 4.90 Å². The lowest BCUT2D eigenvalue weighted by Gasteiger charge is -2.27. The third-order valence-corrected chi connectivity index (χ3v) is 13.6. The van der Waals surface area contributed by atoms with Gasteiger partial charge in [0, 0.05) is 47.5 Å². The lowest BCUT2D eigenvalue weighted by molar-refractivity contribution is -0.438. The van der Waals surface area contributed by atoms with E-state index >= 15 is 0 Å². The highest BCUT2D eigenvalue weighted by Gasteiger charge is 2.44. The number of anilines is 1. The van der Waals surface area contributed by atoms with Gasteiger partial charge in [0.25, 0.3) is 0 Å². The van der Waals surface area contributed by atoms with Crippen molar-refractivity contribution in [3.05, 3.63) is 83.6 Å². The van der Waals surface area contributed by atoms with E-state index in [2.05, 4.69) is 118 Å². The van der Waals surface area contributed by atoms with Gasteiger partial charge in [-0.1, -0.05) is 231 Å². The van der Waals surface area contributed by atoms with Crippen molar-refractivity contribution in [2.24, 2.45) is 0 Å². The van der Waals surface area contributed by atoms with Gasteiger partial charge in [0.05, 0.1) is 5.41 Å². The van der Waals surface area contributed by atoms with Gasteiger partial charge in [-0.2, -0.15) is 4.58 Å². The van der Waals surface area contributed by atoms with Crippen LogP contribution in [-0.4, -0.2) is 23.4 Å². The fourth-order valence-corrected chi connectivity index (χ4v) is 9.92. The van der Waals surface area contributed by atoms with Gasteiger partial charge in [0.1, 0.15) is 6.54 Å². The molecule has 0 radical (unpaired) electrons. The molecule has 318 valence electrons. The van der Waals surface area contributed by atoms with E-state index in [1.807, 2.05) is 0 Å². The largest absolute Gasteiger partial charge is 0.344 e. The van der Waals surface area contributed by atoms with Gasteiger partial charge in [0.15, 0.2) is 5.71 Å². The Morgan fingerprint density at radius 3 is 1.40 bits per heavy atom. The Kier molecular flexibility index (Phi) is 21.9. The Morgan fingerprint density at radius 1 is 0.474 bits per heavy atom. The Hall–Kier alpha value is -2.61. The van der Waals surface area contributed by atoms with Gasteiger partial charge in [-0.15, -0.1) is 0 Å². The van der Waals surface area contributed by atoms with E-state index in [1.165, 1.54) is 214 Å². The fraction of sp³-hybridized carbons (Fsp3) is 0.691. The number of fused-ring (bicyclic) bond motifs is 2. The standard InChI is InChI=1S/C55H89N2/c1-7-9-11-13-15-17-19-21-23-25-27-29-31-37-46-56-50-42-35-33-40-48(50)54(3,4)52(56)44-39-45-53-55(5,6)49-41-34-36-43-51(49)57(53)47-38-32-30-28-26-24-22-20-18-16-14-12-10-8-2/h33-36,39-45H,7-32,37-38,46-47H2,1-6H3/q+1. The SMILES string of the molecule is CCCCCCCCCCCCCCCCN1/C(=C\C=C\C2=[N+](CCCCCCCCCCCCCCCC)c3ccccc3C2(C)C)C(C)(C)c2ccccc21. The van der Waals surface area contributed by atoms with Gasteiger partial charge in [-0.25, -0.2) is 0 Å². The van der Waals surface area contributed by atoms with Gasteiger partial charge in [-0.3, -0.25) is 0 Å². The number of nitrogens with zero attached hydrogens (tertiary/aromatic N) is 2. The predicted octanol–water partition coefficient (Wildman–Crippen LogP) is 17.3. The molecule has 2 aliphatic heterocycles. The molecule has 2 aromatic carbocycles. The molecule has 2 nitrogen and oxygen atoms in total. The highest BCUT2D eigenvalue weighted by Crippen LogP contribution is 2.48. The second-order valence-corrected chi connectivity index (χ2v) is 19.1. The first-order valence-electron chi connectivity index (χ1n) is 24.8. The van der Waals surface area contributed by atoms with Crippen molar-refractivity contribution in [3.63, 3.8) is 0 Å². The molecule has 4 rings (SSSR count). The molecule has 0 N–H and O–H groups in total. The zero-order chi connectivity index (χ0) is 40.6. The molecule has 57 heavy (non-hydrogen) atoms. The normalized spacial score (nSPS) is 16.4. The van der Waals surface area contributed by atoms with Crippen LogP contribution >= 0.6 is 0 Å². The first-order valence-corrected chi connectivity index (χ1v) is 24.8. The average molecular weight is 778 g/mol. The summed E-state index contributed by atoms with van der Waals surface area (Å²) in [5, 5.41) is 0. The maximum Gasteiger partial charge on any atom is 0.209 e. The lowest BCUT2D eigenvalue weighted by Crippen LogP contribution is -2.28. The molecule has 2 aliphatic rings. The monoisotopic (exact) mass is 778 g/mol. The van der Waals surface area contributed by atoms with E-state index < -0.39 is 0 Å². The molecule has 0 atom stereocenters. The topological polar surface area (TPSA) is 6.25 Å². The maximum absolute atomic E-state index is 2.66. The Balaban J connectivity index is 1.28. The fourth-order valence-electron chi connectivity index (χ4n) is 9.92. The third kappa shape index (κ3) is 14.9. The number of rotatable bonds is 32. The zero-order valence-corrected chi connectivity index (χ0v) is 38.5. The quantitative estimate of drug-likeness (QED) is 0.0530. The van der Waals surface area contributed by atoms with Crippen molar-refractivity contribution in [1.82, 2.24) is 0 Å². The summed E-state index contributed by atoms with van der Waals surface area (Å²) in [5.74, 6) is 0. The minimum atomic E-state index is -0.0102. The summed E-state index contributed by atoms with van der Waals surface area (Å²) in [4.78, 5) is 2.66. The van der Waals surface area contributed by atoms with Crippen LogP contribution in [0.2, 0.25) is 0 Å². The highest BCUT2D eigenvalue weighted by molar-refractivity contribution is 6.03. The molecule has 2 aromatic rings. The maximum atomic E-state index is 2.66. The summed E-state index contributed by atoms with van der Waals surface area (Å²) in [5.41, 5.74) is 8.64.